The second-order valence-electron chi connectivity index (χ2n) is 3.17. The summed E-state index contributed by atoms with van der Waals surface area (Å²) in [5, 5.41) is 12.6. The molecule has 0 radical (unpaired) electrons. The molecule has 0 aliphatic carbocycles. The largest absolute Gasteiger partial charge is 0.481 e. The van der Waals surface area contributed by atoms with E-state index in [1.165, 1.54) is 0 Å². The third-order valence-corrected chi connectivity index (χ3v) is 2.05. The summed E-state index contributed by atoms with van der Waals surface area (Å²) in [4.78, 5) is 14.5. The van der Waals surface area contributed by atoms with E-state index >= 15 is 0 Å². The number of nitrogens with two attached hydrogens (primary N) is 1. The standard InChI is InChI=1S/C9H10N4O2/c10-7-2-3-8-11-5-6(13(8)12-7)1-4-9(14)15/h2-3,5H,1,4H2,(H2,10,12)(H,14,15). The molecule has 6 nitrogen and oxygen atoms in total. The van der Waals surface area contributed by atoms with Crippen LogP contribution in [0.1, 0.15) is 12.1 Å². The molecule has 0 saturated heterocycles. The molecule has 0 atom stereocenters. The maximum Gasteiger partial charge on any atom is 0.303 e. The van der Waals surface area contributed by atoms with Gasteiger partial charge in [-0.25, -0.2) is 9.50 Å². The number of nitrogens with zero attached hydrogens (tertiary/aromatic N) is 3. The minimum absolute atomic E-state index is 0.0598. The lowest BCUT2D eigenvalue weighted by Crippen LogP contribution is -2.03. The van der Waals surface area contributed by atoms with Crippen LogP contribution in [0.15, 0.2) is 18.3 Å². The number of nitrogen functional groups attached to an aromatic ring is 1. The van der Waals surface area contributed by atoms with Crippen molar-refractivity contribution in [3.05, 3.63) is 24.0 Å². The lowest BCUT2D eigenvalue weighted by Gasteiger charge is -1.99. The van der Waals surface area contributed by atoms with Gasteiger partial charge in [-0.3, -0.25) is 4.79 Å². The number of aryl methyl sites for hydroxylation is 1. The Morgan fingerprint density at radius 3 is 3.07 bits per heavy atom. The Balaban J connectivity index is 2.35. The molecule has 0 amide bonds. The number of carboxylic acid groups (broad SMARTS) is 1. The van der Waals surface area contributed by atoms with Gasteiger partial charge in [-0.15, -0.1) is 5.10 Å². The van der Waals surface area contributed by atoms with Gasteiger partial charge in [0.25, 0.3) is 0 Å². The number of fused-ring (bicyclic) bond motifs is 1. The van der Waals surface area contributed by atoms with E-state index in [9.17, 15) is 4.79 Å². The Hall–Kier alpha value is -2.11. The Morgan fingerprint density at radius 1 is 1.53 bits per heavy atom. The SMILES string of the molecule is Nc1ccc2ncc(CCC(=O)O)n2n1. The van der Waals surface area contributed by atoms with Gasteiger partial charge in [0.1, 0.15) is 5.82 Å². The molecule has 0 aliphatic rings. The van der Waals surface area contributed by atoms with E-state index in [1.54, 1.807) is 22.8 Å². The molecule has 2 aromatic rings. The average molecular weight is 206 g/mol. The third-order valence-electron chi connectivity index (χ3n) is 2.05. The lowest BCUT2D eigenvalue weighted by molar-refractivity contribution is -0.136. The number of anilines is 1. The van der Waals surface area contributed by atoms with Gasteiger partial charge < -0.3 is 10.8 Å². The molecule has 0 bridgehead atoms. The highest BCUT2D eigenvalue weighted by molar-refractivity contribution is 5.67. The molecule has 0 aromatic carbocycles. The number of hydrogen-bond donors (Lipinski definition) is 2. The monoisotopic (exact) mass is 206 g/mol. The number of carbonyl (C=O) groups is 1. The molecule has 2 rings (SSSR count). The first-order valence-corrected chi connectivity index (χ1v) is 4.48. The van der Waals surface area contributed by atoms with E-state index in [-0.39, 0.29) is 6.42 Å². The molecular weight excluding hydrogens is 196 g/mol. The first-order valence-electron chi connectivity index (χ1n) is 4.48. The van der Waals surface area contributed by atoms with Gasteiger partial charge in [0, 0.05) is 6.42 Å². The minimum atomic E-state index is -0.839. The van der Waals surface area contributed by atoms with Crippen LogP contribution in [0.25, 0.3) is 5.65 Å². The maximum atomic E-state index is 10.4. The van der Waals surface area contributed by atoms with Crippen LogP contribution in [-0.4, -0.2) is 25.7 Å². The van der Waals surface area contributed by atoms with Crippen molar-refractivity contribution in [3.8, 4) is 0 Å². The third kappa shape index (κ3) is 1.88. The van der Waals surface area contributed by atoms with Gasteiger partial charge in [-0.2, -0.15) is 0 Å². The lowest BCUT2D eigenvalue weighted by atomic mass is 10.2. The summed E-state index contributed by atoms with van der Waals surface area (Å²) in [6, 6.07) is 3.40. The van der Waals surface area contributed by atoms with Crippen molar-refractivity contribution < 1.29 is 9.90 Å². The molecule has 2 aromatic heterocycles. The predicted octanol–water partition coefficient (Wildman–Crippen LogP) is 0.329. The first kappa shape index (κ1) is 9.45. The number of aliphatic carboxylic acids is 1. The molecule has 0 unspecified atom stereocenters. The van der Waals surface area contributed by atoms with Crippen molar-refractivity contribution in [2.75, 3.05) is 5.73 Å². The van der Waals surface area contributed by atoms with Crippen molar-refractivity contribution in [2.45, 2.75) is 12.8 Å². The molecule has 0 aliphatic heterocycles. The van der Waals surface area contributed by atoms with Crippen molar-refractivity contribution in [1.82, 2.24) is 14.6 Å². The fraction of sp³-hybridized carbons (Fsp3) is 0.222. The summed E-state index contributed by atoms with van der Waals surface area (Å²) in [6.07, 6.45) is 2.07. The zero-order valence-corrected chi connectivity index (χ0v) is 7.92. The molecule has 0 spiro atoms. The molecule has 15 heavy (non-hydrogen) atoms. The van der Waals surface area contributed by atoms with Crippen LogP contribution in [0.2, 0.25) is 0 Å². The van der Waals surface area contributed by atoms with Crippen molar-refractivity contribution in [3.63, 3.8) is 0 Å². The van der Waals surface area contributed by atoms with Crippen molar-refractivity contribution in [2.24, 2.45) is 0 Å². The molecule has 2 heterocycles. The highest BCUT2D eigenvalue weighted by Crippen LogP contribution is 2.08. The second kappa shape index (κ2) is 3.56. The molecule has 0 saturated carbocycles. The topological polar surface area (TPSA) is 93.5 Å². The fourth-order valence-electron chi connectivity index (χ4n) is 1.34. The highest BCUT2D eigenvalue weighted by atomic mass is 16.4. The molecule has 78 valence electrons. The Morgan fingerprint density at radius 2 is 2.33 bits per heavy atom. The van der Waals surface area contributed by atoms with Crippen molar-refractivity contribution >= 4 is 17.4 Å². The van der Waals surface area contributed by atoms with E-state index < -0.39 is 5.97 Å². The van der Waals surface area contributed by atoms with Crippen LogP contribution in [-0.2, 0) is 11.2 Å². The molecular formula is C9H10N4O2. The summed E-state index contributed by atoms with van der Waals surface area (Å²) >= 11 is 0. The van der Waals surface area contributed by atoms with Gasteiger partial charge in [-0.05, 0) is 12.1 Å². The maximum absolute atomic E-state index is 10.4. The van der Waals surface area contributed by atoms with Crippen LogP contribution in [0, 0.1) is 0 Å². The second-order valence-corrected chi connectivity index (χ2v) is 3.17. The Bertz CT molecular complexity index is 506. The Labute approximate surface area is 85.3 Å². The molecule has 3 N–H and O–H groups in total. The smallest absolute Gasteiger partial charge is 0.303 e. The predicted molar refractivity (Wildman–Crippen MR) is 53.4 cm³/mol. The number of imidazole rings is 1. The summed E-state index contributed by atoms with van der Waals surface area (Å²) in [5.41, 5.74) is 6.95. The average Bonchev–Trinajstić information content (AvgIpc) is 2.57. The van der Waals surface area contributed by atoms with Crippen LogP contribution in [0.4, 0.5) is 5.82 Å². The first-order chi connectivity index (χ1) is 7.16. The van der Waals surface area contributed by atoms with E-state index in [4.69, 9.17) is 10.8 Å². The van der Waals surface area contributed by atoms with Gasteiger partial charge in [0.2, 0.25) is 0 Å². The number of rotatable bonds is 3. The summed E-state index contributed by atoms with van der Waals surface area (Å²) < 4.78 is 1.57. The van der Waals surface area contributed by atoms with E-state index in [0.29, 0.717) is 17.9 Å². The molecule has 6 heteroatoms. The number of aromatic nitrogens is 3. The highest BCUT2D eigenvalue weighted by Gasteiger charge is 2.06. The quantitative estimate of drug-likeness (QED) is 0.754. The van der Waals surface area contributed by atoms with Gasteiger partial charge >= 0.3 is 5.97 Å². The zero-order valence-electron chi connectivity index (χ0n) is 7.92. The van der Waals surface area contributed by atoms with Crippen LogP contribution in [0.5, 0.6) is 0 Å². The van der Waals surface area contributed by atoms with E-state index in [2.05, 4.69) is 10.1 Å². The van der Waals surface area contributed by atoms with Crippen LogP contribution in [0.3, 0.4) is 0 Å². The molecule has 0 fully saturated rings. The number of carboxylic acids is 1. The minimum Gasteiger partial charge on any atom is -0.481 e. The zero-order chi connectivity index (χ0) is 10.8. The Kier molecular flexibility index (Phi) is 2.24. The van der Waals surface area contributed by atoms with Gasteiger partial charge in [0.15, 0.2) is 5.65 Å². The number of hydrogen-bond acceptors (Lipinski definition) is 4. The summed E-state index contributed by atoms with van der Waals surface area (Å²) in [7, 11) is 0. The van der Waals surface area contributed by atoms with E-state index in [0.717, 1.165) is 5.69 Å². The normalized spacial score (nSPS) is 10.7. The van der Waals surface area contributed by atoms with Gasteiger partial charge in [0.05, 0.1) is 18.3 Å². The summed E-state index contributed by atoms with van der Waals surface area (Å²) in [6.45, 7) is 0. The fourth-order valence-corrected chi connectivity index (χ4v) is 1.34. The van der Waals surface area contributed by atoms with Crippen LogP contribution < -0.4 is 5.73 Å². The van der Waals surface area contributed by atoms with E-state index in [1.807, 2.05) is 0 Å². The van der Waals surface area contributed by atoms with Gasteiger partial charge in [-0.1, -0.05) is 0 Å². The van der Waals surface area contributed by atoms with Crippen LogP contribution >= 0.6 is 0 Å². The van der Waals surface area contributed by atoms with Crippen molar-refractivity contribution in [1.29, 1.82) is 0 Å². The summed E-state index contributed by atoms with van der Waals surface area (Å²) in [5.74, 6) is -0.453.